The second-order valence-corrected chi connectivity index (χ2v) is 10.1. The topological polar surface area (TPSA) is 53.4 Å². The number of hydrogen-bond acceptors (Lipinski definition) is 4. The summed E-state index contributed by atoms with van der Waals surface area (Å²) in [6.45, 7) is 7.43. The molecule has 4 rings (SSSR count). The van der Waals surface area contributed by atoms with Crippen molar-refractivity contribution in [1.29, 1.82) is 0 Å². The molecular formula is C24H25ClN2O2S. The number of β-amino-alcohol motifs (C(OH)–C–C–N with tert-alkyl or cyclic N) is 1. The van der Waals surface area contributed by atoms with Crippen LogP contribution in [0.4, 0.5) is 0 Å². The highest BCUT2D eigenvalue weighted by Crippen LogP contribution is 2.37. The Labute approximate surface area is 186 Å². The third-order valence-corrected chi connectivity index (χ3v) is 6.67. The molecule has 0 saturated carbocycles. The lowest BCUT2D eigenvalue weighted by Crippen LogP contribution is -2.29. The molecule has 1 atom stereocenters. The minimum absolute atomic E-state index is 0.00801. The fourth-order valence-corrected chi connectivity index (χ4v) is 4.90. The zero-order valence-electron chi connectivity index (χ0n) is 17.4. The van der Waals surface area contributed by atoms with E-state index in [-0.39, 0.29) is 11.3 Å². The van der Waals surface area contributed by atoms with Gasteiger partial charge in [-0.1, -0.05) is 38.4 Å². The van der Waals surface area contributed by atoms with Crippen LogP contribution < -0.4 is 0 Å². The molecule has 1 fully saturated rings. The molecule has 0 spiro atoms. The van der Waals surface area contributed by atoms with Crippen LogP contribution in [0.1, 0.15) is 43.2 Å². The average molecular weight is 441 g/mol. The highest BCUT2D eigenvalue weighted by atomic mass is 35.5. The van der Waals surface area contributed by atoms with Gasteiger partial charge in [0.25, 0.3) is 5.91 Å². The number of aliphatic hydroxyl groups is 1. The van der Waals surface area contributed by atoms with Crippen LogP contribution >= 0.6 is 22.9 Å². The van der Waals surface area contributed by atoms with E-state index in [1.165, 1.54) is 0 Å². The van der Waals surface area contributed by atoms with E-state index in [1.54, 1.807) is 22.3 Å². The standard InChI is InChI=1S/C24H25ClN2O2S/c1-24(2,3)22-12-15(6-8-26-22)17-11-21(30-14-17)19-5-4-16(10-20(19)25)23(29)27-9-7-18(28)13-27/h4-6,8,10-12,14,18,28H,7,9,13H2,1-3H3. The Kier molecular flexibility index (Phi) is 5.71. The van der Waals surface area contributed by atoms with Crippen molar-refractivity contribution in [1.82, 2.24) is 9.88 Å². The molecule has 1 aliphatic heterocycles. The van der Waals surface area contributed by atoms with Gasteiger partial charge in [-0.3, -0.25) is 9.78 Å². The first-order valence-electron chi connectivity index (χ1n) is 10.0. The lowest BCUT2D eigenvalue weighted by atomic mass is 9.90. The SMILES string of the molecule is CC(C)(C)c1cc(-c2csc(-c3ccc(C(=O)N4CCC(O)C4)cc3Cl)c2)ccn1. The van der Waals surface area contributed by atoms with Gasteiger partial charge in [0.1, 0.15) is 0 Å². The second-order valence-electron chi connectivity index (χ2n) is 8.77. The number of likely N-dealkylation sites (tertiary alicyclic amines) is 1. The van der Waals surface area contributed by atoms with Crippen molar-refractivity contribution in [2.24, 2.45) is 0 Å². The fraction of sp³-hybridized carbons (Fsp3) is 0.333. The molecule has 1 N–H and O–H groups in total. The minimum atomic E-state index is -0.430. The molecule has 3 heterocycles. The van der Waals surface area contributed by atoms with E-state index >= 15 is 0 Å². The Morgan fingerprint density at radius 2 is 2.00 bits per heavy atom. The molecule has 1 amide bonds. The van der Waals surface area contributed by atoms with Gasteiger partial charge >= 0.3 is 0 Å². The number of pyridine rings is 1. The van der Waals surface area contributed by atoms with Crippen LogP contribution in [-0.2, 0) is 5.41 Å². The van der Waals surface area contributed by atoms with E-state index in [0.29, 0.717) is 30.1 Å². The van der Waals surface area contributed by atoms with Crippen LogP contribution in [0.3, 0.4) is 0 Å². The van der Waals surface area contributed by atoms with Crippen molar-refractivity contribution < 1.29 is 9.90 Å². The van der Waals surface area contributed by atoms with Gasteiger partial charge in [0.2, 0.25) is 0 Å². The summed E-state index contributed by atoms with van der Waals surface area (Å²) in [5.41, 5.74) is 4.78. The van der Waals surface area contributed by atoms with Gasteiger partial charge in [0.15, 0.2) is 0 Å². The third kappa shape index (κ3) is 4.29. The van der Waals surface area contributed by atoms with Gasteiger partial charge < -0.3 is 10.0 Å². The first kappa shape index (κ1) is 21.0. The summed E-state index contributed by atoms with van der Waals surface area (Å²) < 4.78 is 0. The molecular weight excluding hydrogens is 416 g/mol. The third-order valence-electron chi connectivity index (χ3n) is 5.39. The minimum Gasteiger partial charge on any atom is -0.391 e. The maximum atomic E-state index is 12.6. The van der Waals surface area contributed by atoms with Gasteiger partial charge in [-0.25, -0.2) is 0 Å². The molecule has 1 unspecified atom stereocenters. The highest BCUT2D eigenvalue weighted by Gasteiger charge is 2.26. The zero-order chi connectivity index (χ0) is 21.5. The molecule has 0 bridgehead atoms. The van der Waals surface area contributed by atoms with Crippen molar-refractivity contribution in [2.75, 3.05) is 13.1 Å². The van der Waals surface area contributed by atoms with Crippen LogP contribution in [0.25, 0.3) is 21.6 Å². The zero-order valence-corrected chi connectivity index (χ0v) is 18.9. The smallest absolute Gasteiger partial charge is 0.253 e. The Bertz CT molecular complexity index is 1090. The van der Waals surface area contributed by atoms with E-state index in [4.69, 9.17) is 11.6 Å². The lowest BCUT2D eigenvalue weighted by Gasteiger charge is -2.18. The molecule has 3 aromatic rings. The molecule has 0 aliphatic carbocycles. The highest BCUT2D eigenvalue weighted by molar-refractivity contribution is 7.14. The average Bonchev–Trinajstić information content (AvgIpc) is 3.36. The molecule has 156 valence electrons. The molecule has 1 aromatic carbocycles. The lowest BCUT2D eigenvalue weighted by molar-refractivity contribution is 0.0765. The molecule has 0 radical (unpaired) electrons. The summed E-state index contributed by atoms with van der Waals surface area (Å²) >= 11 is 8.19. The van der Waals surface area contributed by atoms with Gasteiger partial charge in [-0.05, 0) is 53.3 Å². The summed E-state index contributed by atoms with van der Waals surface area (Å²) in [4.78, 5) is 19.9. The van der Waals surface area contributed by atoms with Crippen LogP contribution in [-0.4, -0.2) is 40.1 Å². The first-order chi connectivity index (χ1) is 14.2. The molecule has 4 nitrogen and oxygen atoms in total. The van der Waals surface area contributed by atoms with E-state index in [9.17, 15) is 9.90 Å². The number of carbonyl (C=O) groups excluding carboxylic acids is 1. The number of nitrogens with zero attached hydrogens (tertiary/aromatic N) is 2. The summed E-state index contributed by atoms with van der Waals surface area (Å²) in [7, 11) is 0. The summed E-state index contributed by atoms with van der Waals surface area (Å²) in [5, 5.41) is 12.4. The fourth-order valence-electron chi connectivity index (χ4n) is 3.61. The van der Waals surface area contributed by atoms with Gasteiger partial charge in [0.05, 0.1) is 11.1 Å². The van der Waals surface area contributed by atoms with Crippen LogP contribution in [0.2, 0.25) is 5.02 Å². The molecule has 2 aromatic heterocycles. The van der Waals surface area contributed by atoms with E-state index < -0.39 is 6.10 Å². The molecule has 1 aliphatic rings. The summed E-state index contributed by atoms with van der Waals surface area (Å²) in [6, 6.07) is 11.7. The number of carbonyl (C=O) groups is 1. The van der Waals surface area contributed by atoms with Crippen molar-refractivity contribution in [2.45, 2.75) is 38.7 Å². The van der Waals surface area contributed by atoms with E-state index in [0.717, 1.165) is 27.3 Å². The number of halogens is 1. The molecule has 1 saturated heterocycles. The largest absolute Gasteiger partial charge is 0.391 e. The number of aliphatic hydroxyl groups excluding tert-OH is 1. The number of rotatable bonds is 3. The van der Waals surface area contributed by atoms with Gasteiger partial charge in [0, 0.05) is 46.4 Å². The van der Waals surface area contributed by atoms with Crippen molar-refractivity contribution in [3.8, 4) is 21.6 Å². The number of thiophene rings is 1. The van der Waals surface area contributed by atoms with E-state index in [1.807, 2.05) is 24.4 Å². The van der Waals surface area contributed by atoms with Crippen LogP contribution in [0.15, 0.2) is 48.0 Å². The monoisotopic (exact) mass is 440 g/mol. The van der Waals surface area contributed by atoms with Crippen molar-refractivity contribution >= 4 is 28.8 Å². The predicted molar refractivity (Wildman–Crippen MR) is 123 cm³/mol. The summed E-state index contributed by atoms with van der Waals surface area (Å²) in [5.74, 6) is -0.0848. The molecule has 30 heavy (non-hydrogen) atoms. The Hall–Kier alpha value is -2.21. The Balaban J connectivity index is 1.59. The second kappa shape index (κ2) is 8.14. The molecule has 6 heteroatoms. The number of hydrogen-bond donors (Lipinski definition) is 1. The van der Waals surface area contributed by atoms with Gasteiger partial charge in [-0.2, -0.15) is 0 Å². The van der Waals surface area contributed by atoms with Crippen molar-refractivity contribution in [3.63, 3.8) is 0 Å². The normalized spacial score (nSPS) is 16.8. The van der Waals surface area contributed by atoms with Crippen molar-refractivity contribution in [3.05, 3.63) is 64.3 Å². The van der Waals surface area contributed by atoms with Crippen LogP contribution in [0.5, 0.6) is 0 Å². The number of aromatic nitrogens is 1. The van der Waals surface area contributed by atoms with Gasteiger partial charge in [-0.15, -0.1) is 11.3 Å². The van der Waals surface area contributed by atoms with E-state index in [2.05, 4.69) is 43.3 Å². The Morgan fingerprint density at radius 1 is 1.20 bits per heavy atom. The maximum absolute atomic E-state index is 12.6. The van der Waals surface area contributed by atoms with Crippen LogP contribution in [0, 0.1) is 0 Å². The summed E-state index contributed by atoms with van der Waals surface area (Å²) in [6.07, 6.45) is 2.05. The predicted octanol–water partition coefficient (Wildman–Crippen LogP) is 5.63. The number of benzene rings is 1. The Morgan fingerprint density at radius 3 is 2.67 bits per heavy atom. The number of amides is 1. The first-order valence-corrected chi connectivity index (χ1v) is 11.3. The quantitative estimate of drug-likeness (QED) is 0.573. The maximum Gasteiger partial charge on any atom is 0.253 e.